The van der Waals surface area contributed by atoms with Gasteiger partial charge in [0, 0.05) is 36.5 Å². The Kier molecular flexibility index (Phi) is 9.81. The molecule has 4 N–H and O–H groups in total. The zero-order chi connectivity index (χ0) is 23.9. The maximum atomic E-state index is 12.8. The first-order valence-electron chi connectivity index (χ1n) is 10.3. The van der Waals surface area contributed by atoms with E-state index in [4.69, 9.17) is 9.47 Å². The number of carbonyl (C=O) groups excluding carboxylic acids is 3. The van der Waals surface area contributed by atoms with Gasteiger partial charge in [0.05, 0.1) is 25.9 Å². The predicted molar refractivity (Wildman–Crippen MR) is 115 cm³/mol. The molecule has 178 valence electrons. The molecule has 1 aromatic rings. The normalized spacial score (nSPS) is 27.4. The lowest BCUT2D eigenvalue weighted by Gasteiger charge is -2.47. The number of carbonyl (C=O) groups is 3. The summed E-state index contributed by atoms with van der Waals surface area (Å²) < 4.78 is 10.9. The van der Waals surface area contributed by atoms with Gasteiger partial charge in [-0.2, -0.15) is 0 Å². The highest BCUT2D eigenvalue weighted by atomic mass is 32.2. The van der Waals surface area contributed by atoms with E-state index in [0.29, 0.717) is 4.90 Å². The third-order valence-electron chi connectivity index (χ3n) is 5.38. The molecule has 1 aromatic carbocycles. The standard InChI is InChI=1S/C22H30O9S/c1-13(24)8-9-14(25)10-16-17(26)11-22(21(29)30-2,32-15-6-4-3-5-7-15)31-20(16)19(28)18(27)12-23/h3-7,16-20,23,26-28H,8-12H2,1-2H3/t16-,17-,18-,19-,20?,22+/m1/s1. The molecule has 0 bridgehead atoms. The van der Waals surface area contributed by atoms with Crippen molar-refractivity contribution >= 4 is 29.3 Å². The summed E-state index contributed by atoms with van der Waals surface area (Å²) in [5, 5.41) is 40.9. The maximum absolute atomic E-state index is 12.8. The van der Waals surface area contributed by atoms with E-state index in [-0.39, 0.29) is 37.2 Å². The van der Waals surface area contributed by atoms with E-state index in [9.17, 15) is 34.8 Å². The zero-order valence-electron chi connectivity index (χ0n) is 18.0. The number of hydrogen-bond acceptors (Lipinski definition) is 10. The molecule has 0 amide bonds. The smallest absolute Gasteiger partial charge is 0.349 e. The molecule has 1 fully saturated rings. The SMILES string of the molecule is COC(=O)[C@@]1(Sc2ccccc2)C[C@@H](O)[C@@H](CC(=O)CCC(C)=O)C([C@H](O)[C@H](O)CO)O1. The van der Waals surface area contributed by atoms with Crippen LogP contribution in [0.25, 0.3) is 0 Å². The first kappa shape index (κ1) is 26.4. The number of ketones is 2. The molecule has 9 nitrogen and oxygen atoms in total. The number of hydrogen-bond donors (Lipinski definition) is 4. The van der Waals surface area contributed by atoms with Gasteiger partial charge in [0.1, 0.15) is 23.8 Å². The number of thioether (sulfide) groups is 1. The number of benzene rings is 1. The second-order valence-electron chi connectivity index (χ2n) is 7.86. The number of aliphatic hydroxyl groups excluding tert-OH is 4. The van der Waals surface area contributed by atoms with Crippen LogP contribution in [0.5, 0.6) is 0 Å². The Labute approximate surface area is 190 Å². The minimum atomic E-state index is -1.75. The number of rotatable bonds is 11. The van der Waals surface area contributed by atoms with Crippen molar-refractivity contribution in [1.82, 2.24) is 0 Å². The van der Waals surface area contributed by atoms with Crippen molar-refractivity contribution in [3.63, 3.8) is 0 Å². The maximum Gasteiger partial charge on any atom is 0.349 e. The summed E-state index contributed by atoms with van der Waals surface area (Å²) in [7, 11) is 1.16. The van der Waals surface area contributed by atoms with E-state index in [0.717, 1.165) is 18.9 Å². The highest BCUT2D eigenvalue weighted by molar-refractivity contribution is 8.01. The van der Waals surface area contributed by atoms with Crippen molar-refractivity contribution in [2.75, 3.05) is 13.7 Å². The highest BCUT2D eigenvalue weighted by Crippen LogP contribution is 2.46. The molecule has 32 heavy (non-hydrogen) atoms. The fourth-order valence-electron chi connectivity index (χ4n) is 3.66. The van der Waals surface area contributed by atoms with Gasteiger partial charge in [0.25, 0.3) is 0 Å². The van der Waals surface area contributed by atoms with Crippen LogP contribution >= 0.6 is 11.8 Å². The van der Waals surface area contributed by atoms with Crippen LogP contribution in [-0.4, -0.2) is 81.0 Å². The van der Waals surface area contributed by atoms with E-state index in [1.807, 2.05) is 0 Å². The molecule has 0 radical (unpaired) electrons. The van der Waals surface area contributed by atoms with Gasteiger partial charge in [-0.15, -0.1) is 0 Å². The van der Waals surface area contributed by atoms with Crippen LogP contribution in [-0.2, 0) is 23.9 Å². The summed E-state index contributed by atoms with van der Waals surface area (Å²) in [6.45, 7) is 0.570. The highest BCUT2D eigenvalue weighted by Gasteiger charge is 2.55. The van der Waals surface area contributed by atoms with Gasteiger partial charge in [-0.3, -0.25) is 4.79 Å². The fourth-order valence-corrected chi connectivity index (χ4v) is 4.91. The second-order valence-corrected chi connectivity index (χ2v) is 9.20. The Bertz CT molecular complexity index is 787. The molecule has 0 aliphatic carbocycles. The molecule has 6 atom stereocenters. The number of esters is 1. The Morgan fingerprint density at radius 2 is 1.88 bits per heavy atom. The number of Topliss-reactive ketones (excluding diaryl/α,β-unsaturated/α-hetero) is 2. The summed E-state index contributed by atoms with van der Waals surface area (Å²) in [6.07, 6.45) is -6.42. The molecule has 1 aliphatic rings. The van der Waals surface area contributed by atoms with Crippen LogP contribution in [0.1, 0.15) is 32.6 Å². The largest absolute Gasteiger partial charge is 0.466 e. The Hall–Kier alpha value is -1.82. The van der Waals surface area contributed by atoms with Gasteiger partial charge in [-0.1, -0.05) is 30.0 Å². The van der Waals surface area contributed by atoms with Crippen molar-refractivity contribution in [2.45, 2.75) is 66.9 Å². The lowest BCUT2D eigenvalue weighted by molar-refractivity contribution is -0.217. The van der Waals surface area contributed by atoms with Crippen molar-refractivity contribution < 1.29 is 44.3 Å². The quantitative estimate of drug-likeness (QED) is 0.336. The topological polar surface area (TPSA) is 151 Å². The van der Waals surface area contributed by atoms with Gasteiger partial charge in [0.15, 0.2) is 0 Å². The van der Waals surface area contributed by atoms with Crippen molar-refractivity contribution in [2.24, 2.45) is 5.92 Å². The van der Waals surface area contributed by atoms with Gasteiger partial charge < -0.3 is 34.7 Å². The van der Waals surface area contributed by atoms with Crippen LogP contribution < -0.4 is 0 Å². The Balaban J connectivity index is 2.37. The minimum Gasteiger partial charge on any atom is -0.466 e. The monoisotopic (exact) mass is 470 g/mol. The Morgan fingerprint density at radius 1 is 1.22 bits per heavy atom. The van der Waals surface area contributed by atoms with E-state index < -0.39 is 47.8 Å². The molecule has 1 saturated heterocycles. The predicted octanol–water partition coefficient (Wildman–Crippen LogP) is 0.456. The van der Waals surface area contributed by atoms with Crippen LogP contribution in [0.15, 0.2) is 35.2 Å². The number of methoxy groups -OCH3 is 1. The third kappa shape index (κ3) is 6.60. The lowest BCUT2D eigenvalue weighted by atomic mass is 9.80. The van der Waals surface area contributed by atoms with Crippen LogP contribution in [0, 0.1) is 5.92 Å². The van der Waals surface area contributed by atoms with E-state index in [2.05, 4.69) is 0 Å². The molecular weight excluding hydrogens is 440 g/mol. The second kappa shape index (κ2) is 11.9. The van der Waals surface area contributed by atoms with E-state index in [1.54, 1.807) is 30.3 Å². The molecule has 1 unspecified atom stereocenters. The van der Waals surface area contributed by atoms with Gasteiger partial charge >= 0.3 is 5.97 Å². The molecule has 0 saturated carbocycles. The van der Waals surface area contributed by atoms with Crippen molar-refractivity contribution in [1.29, 1.82) is 0 Å². The number of aliphatic hydroxyl groups is 4. The average molecular weight is 471 g/mol. The molecular formula is C22H30O9S. The van der Waals surface area contributed by atoms with Gasteiger partial charge in [-0.25, -0.2) is 4.79 Å². The summed E-state index contributed by atoms with van der Waals surface area (Å²) in [4.78, 5) is 35.2. The van der Waals surface area contributed by atoms with Crippen LogP contribution in [0.4, 0.5) is 0 Å². The molecule has 0 spiro atoms. The van der Waals surface area contributed by atoms with E-state index in [1.165, 1.54) is 6.92 Å². The Morgan fingerprint density at radius 3 is 2.44 bits per heavy atom. The summed E-state index contributed by atoms with van der Waals surface area (Å²) in [5.74, 6) is -2.26. The summed E-state index contributed by atoms with van der Waals surface area (Å²) in [6, 6.07) is 8.76. The van der Waals surface area contributed by atoms with Crippen molar-refractivity contribution in [3.8, 4) is 0 Å². The first-order chi connectivity index (χ1) is 15.1. The fraction of sp³-hybridized carbons (Fsp3) is 0.591. The molecule has 2 rings (SSSR count). The average Bonchev–Trinajstić information content (AvgIpc) is 2.78. The lowest BCUT2D eigenvalue weighted by Crippen LogP contribution is -2.60. The van der Waals surface area contributed by atoms with Crippen LogP contribution in [0.3, 0.4) is 0 Å². The van der Waals surface area contributed by atoms with Gasteiger partial charge in [0.2, 0.25) is 4.93 Å². The minimum absolute atomic E-state index is 0.0369. The van der Waals surface area contributed by atoms with E-state index >= 15 is 0 Å². The van der Waals surface area contributed by atoms with Crippen LogP contribution in [0.2, 0.25) is 0 Å². The molecule has 1 aliphatic heterocycles. The zero-order valence-corrected chi connectivity index (χ0v) is 18.9. The number of ether oxygens (including phenoxy) is 2. The summed E-state index contributed by atoms with van der Waals surface area (Å²) >= 11 is 0.982. The molecule has 0 aromatic heterocycles. The third-order valence-corrected chi connectivity index (χ3v) is 6.65. The first-order valence-corrected chi connectivity index (χ1v) is 11.1. The molecule has 1 heterocycles. The molecule has 10 heteroatoms. The summed E-state index contributed by atoms with van der Waals surface area (Å²) in [5.41, 5.74) is 0. The van der Waals surface area contributed by atoms with Crippen molar-refractivity contribution in [3.05, 3.63) is 30.3 Å². The van der Waals surface area contributed by atoms with Gasteiger partial charge in [-0.05, 0) is 19.1 Å².